The molecule has 1 aromatic heterocycles. The maximum absolute atomic E-state index is 12.1. The molecule has 2 aromatic rings. The number of urea groups is 1. The topological polar surface area (TPSA) is 67.6 Å². The zero-order chi connectivity index (χ0) is 16.2. The van der Waals surface area contributed by atoms with E-state index in [9.17, 15) is 4.79 Å². The highest BCUT2D eigenvalue weighted by Crippen LogP contribution is 2.19. The summed E-state index contributed by atoms with van der Waals surface area (Å²) in [7, 11) is 0. The number of hydrogen-bond acceptors (Lipinski definition) is 4. The van der Waals surface area contributed by atoms with Crippen LogP contribution >= 0.6 is 0 Å². The lowest BCUT2D eigenvalue weighted by Crippen LogP contribution is -2.48. The molecule has 0 saturated carbocycles. The molecule has 3 rings (SSSR count). The smallest absolute Gasteiger partial charge is 0.317 e. The van der Waals surface area contributed by atoms with E-state index in [2.05, 4.69) is 10.5 Å². The van der Waals surface area contributed by atoms with Crippen LogP contribution in [-0.2, 0) is 11.3 Å². The average Bonchev–Trinajstić information content (AvgIpc) is 3.02. The second-order valence-electron chi connectivity index (χ2n) is 5.83. The Morgan fingerprint density at radius 3 is 2.91 bits per heavy atom. The van der Waals surface area contributed by atoms with Crippen LogP contribution in [0.5, 0.6) is 0 Å². The normalized spacial score (nSPS) is 18.0. The fourth-order valence-electron chi connectivity index (χ4n) is 2.53. The summed E-state index contributed by atoms with van der Waals surface area (Å²) < 4.78 is 10.7. The van der Waals surface area contributed by atoms with Crippen LogP contribution in [-0.4, -0.2) is 41.9 Å². The first-order valence-electron chi connectivity index (χ1n) is 7.79. The number of nitrogens with one attached hydrogen (secondary N) is 1. The molecule has 6 heteroatoms. The van der Waals surface area contributed by atoms with E-state index in [0.717, 1.165) is 11.3 Å². The van der Waals surface area contributed by atoms with Gasteiger partial charge in [0.1, 0.15) is 5.69 Å². The molecule has 122 valence electrons. The monoisotopic (exact) mass is 315 g/mol. The largest absolute Gasteiger partial charge is 0.375 e. The van der Waals surface area contributed by atoms with Gasteiger partial charge in [0.25, 0.3) is 0 Å². The van der Waals surface area contributed by atoms with Crippen molar-refractivity contribution in [2.24, 2.45) is 0 Å². The quantitative estimate of drug-likeness (QED) is 0.945. The molecule has 6 nitrogen and oxygen atoms in total. The number of aromatic nitrogens is 1. The van der Waals surface area contributed by atoms with E-state index in [1.165, 1.54) is 5.56 Å². The third-order valence-electron chi connectivity index (χ3n) is 3.85. The van der Waals surface area contributed by atoms with Crippen LogP contribution in [0.15, 0.2) is 34.9 Å². The van der Waals surface area contributed by atoms with Gasteiger partial charge in [-0.05, 0) is 13.8 Å². The summed E-state index contributed by atoms with van der Waals surface area (Å²) in [4.78, 5) is 13.9. The molecular formula is C17H21N3O3. The van der Waals surface area contributed by atoms with Gasteiger partial charge in [-0.1, -0.05) is 35.0 Å². The first kappa shape index (κ1) is 15.6. The maximum Gasteiger partial charge on any atom is 0.317 e. The average molecular weight is 315 g/mol. The first-order chi connectivity index (χ1) is 11.1. The summed E-state index contributed by atoms with van der Waals surface area (Å²) in [5.41, 5.74) is 2.97. The van der Waals surface area contributed by atoms with E-state index >= 15 is 0 Å². The fourth-order valence-corrected chi connectivity index (χ4v) is 2.53. The predicted octanol–water partition coefficient (Wildman–Crippen LogP) is 2.58. The van der Waals surface area contributed by atoms with Crippen LogP contribution in [0.3, 0.4) is 0 Å². The molecule has 1 aliphatic heterocycles. The van der Waals surface area contributed by atoms with Crippen LogP contribution < -0.4 is 5.32 Å². The molecule has 0 radical (unpaired) electrons. The molecule has 0 unspecified atom stereocenters. The highest BCUT2D eigenvalue weighted by atomic mass is 16.5. The van der Waals surface area contributed by atoms with E-state index in [0.29, 0.717) is 32.0 Å². The number of morpholine rings is 1. The van der Waals surface area contributed by atoms with Gasteiger partial charge in [0.2, 0.25) is 0 Å². The Kier molecular flexibility index (Phi) is 4.62. The van der Waals surface area contributed by atoms with Crippen molar-refractivity contribution in [3.8, 4) is 11.3 Å². The fraction of sp³-hybridized carbons (Fsp3) is 0.412. The minimum absolute atomic E-state index is 0.0768. The van der Waals surface area contributed by atoms with Crippen LogP contribution in [0.2, 0.25) is 0 Å². The molecule has 1 aromatic carbocycles. The van der Waals surface area contributed by atoms with Gasteiger partial charge in [-0.3, -0.25) is 0 Å². The molecule has 2 heterocycles. The number of aryl methyl sites for hydroxylation is 1. The second kappa shape index (κ2) is 6.83. The Bertz CT molecular complexity index is 666. The van der Waals surface area contributed by atoms with Crippen molar-refractivity contribution in [2.45, 2.75) is 26.5 Å². The summed E-state index contributed by atoms with van der Waals surface area (Å²) in [6, 6.07) is 9.83. The number of rotatable bonds is 3. The predicted molar refractivity (Wildman–Crippen MR) is 85.9 cm³/mol. The Morgan fingerprint density at radius 2 is 2.17 bits per heavy atom. The van der Waals surface area contributed by atoms with Crippen molar-refractivity contribution in [2.75, 3.05) is 19.7 Å². The zero-order valence-corrected chi connectivity index (χ0v) is 13.4. The Labute approximate surface area is 135 Å². The third-order valence-corrected chi connectivity index (χ3v) is 3.85. The van der Waals surface area contributed by atoms with Gasteiger partial charge in [0, 0.05) is 24.7 Å². The molecule has 23 heavy (non-hydrogen) atoms. The van der Waals surface area contributed by atoms with Crippen LogP contribution in [0.1, 0.15) is 18.2 Å². The Hall–Kier alpha value is -2.34. The van der Waals surface area contributed by atoms with Gasteiger partial charge in [-0.25, -0.2) is 4.79 Å². The number of hydrogen-bond donors (Lipinski definition) is 1. The van der Waals surface area contributed by atoms with E-state index in [1.807, 2.05) is 44.2 Å². The highest BCUT2D eigenvalue weighted by molar-refractivity contribution is 5.74. The molecule has 1 saturated heterocycles. The zero-order valence-electron chi connectivity index (χ0n) is 13.4. The van der Waals surface area contributed by atoms with Crippen LogP contribution in [0.25, 0.3) is 11.3 Å². The lowest BCUT2D eigenvalue weighted by Gasteiger charge is -2.31. The molecule has 2 amide bonds. The van der Waals surface area contributed by atoms with Crippen molar-refractivity contribution < 1.29 is 14.1 Å². The Balaban J connectivity index is 1.56. The molecule has 1 aliphatic rings. The summed E-state index contributed by atoms with van der Waals surface area (Å²) in [5.74, 6) is 0.634. The van der Waals surface area contributed by atoms with Crippen molar-refractivity contribution >= 4 is 6.03 Å². The third kappa shape index (κ3) is 3.90. The minimum Gasteiger partial charge on any atom is -0.375 e. The number of carbonyl (C=O) groups is 1. The van der Waals surface area contributed by atoms with Gasteiger partial charge in [0.15, 0.2) is 5.76 Å². The highest BCUT2D eigenvalue weighted by Gasteiger charge is 2.21. The molecule has 1 N–H and O–H groups in total. The summed E-state index contributed by atoms with van der Waals surface area (Å²) >= 11 is 0. The number of ether oxygens (including phenoxy) is 1. The van der Waals surface area contributed by atoms with Gasteiger partial charge in [-0.15, -0.1) is 0 Å². The summed E-state index contributed by atoms with van der Waals surface area (Å²) in [6.07, 6.45) is 0.0768. The minimum atomic E-state index is -0.103. The van der Waals surface area contributed by atoms with Gasteiger partial charge in [-0.2, -0.15) is 0 Å². The molecule has 0 spiro atoms. The maximum atomic E-state index is 12.1. The number of nitrogens with zero attached hydrogens (tertiary/aromatic N) is 2. The second-order valence-corrected chi connectivity index (χ2v) is 5.83. The standard InChI is InChI=1S/C17H21N3O3/c1-12-3-5-14(6-4-12)16-9-15(23-19-16)10-18-17(21)20-7-8-22-13(2)11-20/h3-6,9,13H,7-8,10-11H2,1-2H3,(H,18,21)/t13-/m0/s1. The van der Waals surface area contributed by atoms with Crippen molar-refractivity contribution in [3.05, 3.63) is 41.7 Å². The van der Waals surface area contributed by atoms with Gasteiger partial charge in [0.05, 0.1) is 19.3 Å². The molecular weight excluding hydrogens is 294 g/mol. The van der Waals surface area contributed by atoms with Gasteiger partial charge < -0.3 is 19.5 Å². The van der Waals surface area contributed by atoms with E-state index in [1.54, 1.807) is 4.90 Å². The van der Waals surface area contributed by atoms with Crippen molar-refractivity contribution in [1.82, 2.24) is 15.4 Å². The Morgan fingerprint density at radius 1 is 1.39 bits per heavy atom. The lowest BCUT2D eigenvalue weighted by atomic mass is 10.1. The number of carbonyl (C=O) groups excluding carboxylic acids is 1. The van der Waals surface area contributed by atoms with Crippen molar-refractivity contribution in [3.63, 3.8) is 0 Å². The lowest BCUT2D eigenvalue weighted by molar-refractivity contribution is -0.00358. The first-order valence-corrected chi connectivity index (χ1v) is 7.79. The summed E-state index contributed by atoms with van der Waals surface area (Å²) in [5, 5.41) is 6.92. The molecule has 1 fully saturated rings. The van der Waals surface area contributed by atoms with E-state index < -0.39 is 0 Å². The van der Waals surface area contributed by atoms with E-state index in [-0.39, 0.29) is 12.1 Å². The SMILES string of the molecule is Cc1ccc(-c2cc(CNC(=O)N3CCO[C@@H](C)C3)on2)cc1. The number of amides is 2. The molecule has 0 bridgehead atoms. The van der Waals surface area contributed by atoms with Gasteiger partial charge >= 0.3 is 6.03 Å². The summed E-state index contributed by atoms with van der Waals surface area (Å²) in [6.45, 7) is 6.12. The van der Waals surface area contributed by atoms with Crippen LogP contribution in [0, 0.1) is 6.92 Å². The van der Waals surface area contributed by atoms with Crippen molar-refractivity contribution in [1.29, 1.82) is 0 Å². The van der Waals surface area contributed by atoms with Crippen LogP contribution in [0.4, 0.5) is 4.79 Å². The molecule has 1 atom stereocenters. The molecule has 0 aliphatic carbocycles. The number of benzene rings is 1. The van der Waals surface area contributed by atoms with E-state index in [4.69, 9.17) is 9.26 Å².